The van der Waals surface area contributed by atoms with E-state index in [0.29, 0.717) is 11.1 Å². The average Bonchev–Trinajstić information content (AvgIpc) is 2.82. The van der Waals surface area contributed by atoms with Crippen LogP contribution >= 0.6 is 0 Å². The Labute approximate surface area is 122 Å². The third-order valence-electron chi connectivity index (χ3n) is 3.83. The fourth-order valence-electron chi connectivity index (χ4n) is 2.71. The normalized spacial score (nSPS) is 18.2. The van der Waals surface area contributed by atoms with Crippen LogP contribution in [0.25, 0.3) is 0 Å². The van der Waals surface area contributed by atoms with Crippen LogP contribution in [0.1, 0.15) is 35.3 Å². The molecule has 0 radical (unpaired) electrons. The molecule has 1 N–H and O–H groups in total. The molecule has 3 rings (SSSR count). The van der Waals surface area contributed by atoms with Crippen molar-refractivity contribution in [1.29, 1.82) is 0 Å². The second kappa shape index (κ2) is 5.11. The van der Waals surface area contributed by atoms with Crippen LogP contribution in [0, 0.1) is 18.6 Å². The van der Waals surface area contributed by atoms with Crippen molar-refractivity contribution in [2.75, 3.05) is 0 Å². The Hall–Kier alpha value is -1.94. The van der Waals surface area contributed by atoms with Gasteiger partial charge in [-0.05, 0) is 48.7 Å². The van der Waals surface area contributed by atoms with Gasteiger partial charge in [-0.2, -0.15) is 0 Å². The van der Waals surface area contributed by atoms with Crippen molar-refractivity contribution in [1.82, 2.24) is 0 Å². The van der Waals surface area contributed by atoms with Crippen molar-refractivity contribution in [3.05, 3.63) is 64.2 Å². The van der Waals surface area contributed by atoms with Gasteiger partial charge in [-0.1, -0.05) is 12.1 Å². The third kappa shape index (κ3) is 2.40. The van der Waals surface area contributed by atoms with Gasteiger partial charge in [0.2, 0.25) is 0 Å². The van der Waals surface area contributed by atoms with Gasteiger partial charge in [0, 0.05) is 6.42 Å². The molecule has 2 atom stereocenters. The SMILES string of the molecule is Cc1ccc(F)c(C(O)c2ccc3c(c2)CC(C)O3)c1F. The molecule has 0 spiro atoms. The van der Waals surface area contributed by atoms with Crippen LogP contribution in [-0.4, -0.2) is 11.2 Å². The summed E-state index contributed by atoms with van der Waals surface area (Å²) in [5, 5.41) is 10.4. The number of aryl methyl sites for hydroxylation is 1. The van der Waals surface area contributed by atoms with E-state index in [4.69, 9.17) is 4.74 Å². The predicted octanol–water partition coefficient (Wildman–Crippen LogP) is 3.68. The molecule has 2 unspecified atom stereocenters. The van der Waals surface area contributed by atoms with Crippen molar-refractivity contribution in [3.8, 4) is 5.75 Å². The van der Waals surface area contributed by atoms with Gasteiger partial charge >= 0.3 is 0 Å². The minimum Gasteiger partial charge on any atom is -0.490 e. The molecule has 2 aromatic rings. The van der Waals surface area contributed by atoms with Crippen LogP contribution in [0.4, 0.5) is 8.78 Å². The van der Waals surface area contributed by atoms with Crippen molar-refractivity contribution in [2.45, 2.75) is 32.5 Å². The maximum absolute atomic E-state index is 14.1. The van der Waals surface area contributed by atoms with Gasteiger partial charge < -0.3 is 9.84 Å². The number of hydrogen-bond acceptors (Lipinski definition) is 2. The van der Waals surface area contributed by atoms with Gasteiger partial charge in [-0.25, -0.2) is 8.78 Å². The van der Waals surface area contributed by atoms with E-state index in [-0.39, 0.29) is 11.7 Å². The van der Waals surface area contributed by atoms with E-state index in [1.165, 1.54) is 12.1 Å². The summed E-state index contributed by atoms with van der Waals surface area (Å²) >= 11 is 0. The van der Waals surface area contributed by atoms with Gasteiger partial charge in [0.1, 0.15) is 29.6 Å². The number of benzene rings is 2. The van der Waals surface area contributed by atoms with Crippen molar-refractivity contribution < 1.29 is 18.6 Å². The molecule has 0 saturated heterocycles. The van der Waals surface area contributed by atoms with E-state index < -0.39 is 17.7 Å². The minimum atomic E-state index is -1.33. The maximum atomic E-state index is 14.1. The molecule has 2 nitrogen and oxygen atoms in total. The molecule has 21 heavy (non-hydrogen) atoms. The second-order valence-electron chi connectivity index (χ2n) is 5.49. The first-order valence-electron chi connectivity index (χ1n) is 6.89. The first-order valence-corrected chi connectivity index (χ1v) is 6.89. The molecule has 0 bridgehead atoms. The predicted molar refractivity (Wildman–Crippen MR) is 75.4 cm³/mol. The monoisotopic (exact) mass is 290 g/mol. The Kier molecular flexibility index (Phi) is 3.41. The Morgan fingerprint density at radius 2 is 2.00 bits per heavy atom. The van der Waals surface area contributed by atoms with Gasteiger partial charge in [0.25, 0.3) is 0 Å². The molecule has 1 heterocycles. The topological polar surface area (TPSA) is 29.5 Å². The quantitative estimate of drug-likeness (QED) is 0.914. The van der Waals surface area contributed by atoms with Crippen LogP contribution in [0.15, 0.2) is 30.3 Å². The summed E-state index contributed by atoms with van der Waals surface area (Å²) in [5.41, 5.74) is 1.42. The van der Waals surface area contributed by atoms with Gasteiger partial charge in [0.15, 0.2) is 0 Å². The van der Waals surface area contributed by atoms with E-state index in [0.717, 1.165) is 17.7 Å². The highest BCUT2D eigenvalue weighted by molar-refractivity contribution is 5.44. The van der Waals surface area contributed by atoms with Crippen LogP contribution < -0.4 is 4.74 Å². The van der Waals surface area contributed by atoms with E-state index in [9.17, 15) is 13.9 Å². The van der Waals surface area contributed by atoms with E-state index in [1.54, 1.807) is 25.1 Å². The fourth-order valence-corrected chi connectivity index (χ4v) is 2.71. The molecule has 0 amide bonds. The molecule has 1 aliphatic rings. The Morgan fingerprint density at radius 1 is 1.24 bits per heavy atom. The molecule has 0 fully saturated rings. The molecule has 0 saturated carbocycles. The Bertz CT molecular complexity index is 697. The van der Waals surface area contributed by atoms with Crippen molar-refractivity contribution >= 4 is 0 Å². The average molecular weight is 290 g/mol. The first kappa shape index (κ1) is 14.0. The zero-order valence-electron chi connectivity index (χ0n) is 11.9. The molecule has 4 heteroatoms. The molecule has 1 aliphatic heterocycles. The number of fused-ring (bicyclic) bond motifs is 1. The van der Waals surface area contributed by atoms with E-state index >= 15 is 0 Å². The summed E-state index contributed by atoms with van der Waals surface area (Å²) in [7, 11) is 0. The number of rotatable bonds is 2. The largest absolute Gasteiger partial charge is 0.490 e. The standard InChI is InChI=1S/C17H16F2O2/c1-9-3-5-13(18)15(16(9)19)17(20)11-4-6-14-12(8-11)7-10(2)21-14/h3-6,8,10,17,20H,7H2,1-2H3. The Morgan fingerprint density at radius 3 is 2.76 bits per heavy atom. The highest BCUT2D eigenvalue weighted by atomic mass is 19.1. The zero-order valence-corrected chi connectivity index (χ0v) is 11.9. The highest BCUT2D eigenvalue weighted by Crippen LogP contribution is 2.34. The van der Waals surface area contributed by atoms with E-state index in [1.807, 2.05) is 6.92 Å². The van der Waals surface area contributed by atoms with Gasteiger partial charge in [0.05, 0.1) is 5.56 Å². The number of aliphatic hydroxyl groups is 1. The summed E-state index contributed by atoms with van der Waals surface area (Å²) in [6, 6.07) is 7.67. The first-order chi connectivity index (χ1) is 9.97. The lowest BCUT2D eigenvalue weighted by Crippen LogP contribution is -2.07. The van der Waals surface area contributed by atoms with E-state index in [2.05, 4.69) is 0 Å². The molecule has 110 valence electrons. The molecular formula is C17H16F2O2. The lowest BCUT2D eigenvalue weighted by molar-refractivity contribution is 0.208. The fraction of sp³-hybridized carbons (Fsp3) is 0.294. The minimum absolute atomic E-state index is 0.0832. The highest BCUT2D eigenvalue weighted by Gasteiger charge is 2.24. The summed E-state index contributed by atoms with van der Waals surface area (Å²) in [6.45, 7) is 3.50. The summed E-state index contributed by atoms with van der Waals surface area (Å²) in [5.74, 6) is -0.674. The second-order valence-corrected chi connectivity index (χ2v) is 5.49. The molecule has 2 aromatic carbocycles. The van der Waals surface area contributed by atoms with Crippen LogP contribution in [-0.2, 0) is 6.42 Å². The van der Waals surface area contributed by atoms with Crippen LogP contribution in [0.2, 0.25) is 0 Å². The van der Waals surface area contributed by atoms with Crippen LogP contribution in [0.3, 0.4) is 0 Å². The summed E-state index contributed by atoms with van der Waals surface area (Å²) < 4.78 is 33.6. The number of hydrogen-bond donors (Lipinski definition) is 1. The molecule has 0 aliphatic carbocycles. The number of ether oxygens (including phenoxy) is 1. The Balaban J connectivity index is 2.02. The third-order valence-corrected chi connectivity index (χ3v) is 3.83. The van der Waals surface area contributed by atoms with Crippen LogP contribution in [0.5, 0.6) is 5.75 Å². The summed E-state index contributed by atoms with van der Waals surface area (Å²) in [4.78, 5) is 0. The molecule has 0 aromatic heterocycles. The maximum Gasteiger partial charge on any atom is 0.135 e. The van der Waals surface area contributed by atoms with Gasteiger partial charge in [-0.3, -0.25) is 0 Å². The van der Waals surface area contributed by atoms with Crippen molar-refractivity contribution in [3.63, 3.8) is 0 Å². The van der Waals surface area contributed by atoms with Crippen molar-refractivity contribution in [2.24, 2.45) is 0 Å². The van der Waals surface area contributed by atoms with Gasteiger partial charge in [-0.15, -0.1) is 0 Å². The zero-order chi connectivity index (χ0) is 15.1. The number of halogens is 2. The summed E-state index contributed by atoms with van der Waals surface area (Å²) in [6.07, 6.45) is -0.514. The number of aliphatic hydroxyl groups excluding tert-OH is 1. The molecular weight excluding hydrogens is 274 g/mol. The lowest BCUT2D eigenvalue weighted by Gasteiger charge is -2.15. The lowest BCUT2D eigenvalue weighted by atomic mass is 9.96. The smallest absolute Gasteiger partial charge is 0.135 e.